The number of ether oxygens (including phenoxy) is 1. The topological polar surface area (TPSA) is 26.3 Å². The zero-order chi connectivity index (χ0) is 8.27. The van der Waals surface area contributed by atoms with E-state index in [-0.39, 0.29) is 11.9 Å². The molecular formula is C9H16O2. The molecule has 0 aromatic carbocycles. The van der Waals surface area contributed by atoms with Gasteiger partial charge in [0, 0.05) is 0 Å². The maximum Gasteiger partial charge on any atom is 0.308 e. The monoisotopic (exact) mass is 156 g/mol. The van der Waals surface area contributed by atoms with Crippen LogP contribution < -0.4 is 0 Å². The molecule has 0 spiro atoms. The standard InChI is InChI=1S/C9H16O2/c1-7-4-3-5-8(6-7)9(10)11-2/h7-8H,3-6H2,1-2H3. The number of esters is 1. The van der Waals surface area contributed by atoms with Gasteiger partial charge in [0.05, 0.1) is 13.0 Å². The molecule has 0 aromatic rings. The van der Waals surface area contributed by atoms with Crippen molar-refractivity contribution in [3.05, 3.63) is 0 Å². The SMILES string of the molecule is COC(=O)C1CCCC(C)C1. The Morgan fingerprint density at radius 1 is 1.45 bits per heavy atom. The van der Waals surface area contributed by atoms with Crippen LogP contribution >= 0.6 is 0 Å². The lowest BCUT2D eigenvalue weighted by Gasteiger charge is -2.24. The predicted octanol–water partition coefficient (Wildman–Crippen LogP) is 1.99. The molecule has 0 radical (unpaired) electrons. The van der Waals surface area contributed by atoms with Crippen molar-refractivity contribution >= 4 is 5.97 Å². The van der Waals surface area contributed by atoms with E-state index >= 15 is 0 Å². The van der Waals surface area contributed by atoms with Crippen molar-refractivity contribution < 1.29 is 9.53 Å². The molecule has 0 N–H and O–H groups in total. The number of carbonyl (C=O) groups is 1. The third-order valence-corrected chi connectivity index (χ3v) is 2.47. The third-order valence-electron chi connectivity index (χ3n) is 2.47. The molecule has 1 fully saturated rings. The Hall–Kier alpha value is -0.530. The molecule has 1 rings (SSSR count). The smallest absolute Gasteiger partial charge is 0.308 e. The summed E-state index contributed by atoms with van der Waals surface area (Å²) in [5, 5.41) is 0. The Bertz CT molecular complexity index is 142. The van der Waals surface area contributed by atoms with Crippen LogP contribution in [0.15, 0.2) is 0 Å². The maximum absolute atomic E-state index is 11.1. The average molecular weight is 156 g/mol. The summed E-state index contributed by atoms with van der Waals surface area (Å²) in [5.41, 5.74) is 0. The fourth-order valence-electron chi connectivity index (χ4n) is 1.81. The molecule has 64 valence electrons. The lowest BCUT2D eigenvalue weighted by molar-refractivity contribution is -0.147. The van der Waals surface area contributed by atoms with Gasteiger partial charge in [-0.15, -0.1) is 0 Å². The van der Waals surface area contributed by atoms with Crippen LogP contribution in [-0.2, 0) is 9.53 Å². The second kappa shape index (κ2) is 3.74. The second-order valence-corrected chi connectivity index (χ2v) is 3.49. The highest BCUT2D eigenvalue weighted by atomic mass is 16.5. The highest BCUT2D eigenvalue weighted by Crippen LogP contribution is 2.28. The molecule has 1 aliphatic carbocycles. The lowest BCUT2D eigenvalue weighted by Crippen LogP contribution is -2.22. The summed E-state index contributed by atoms with van der Waals surface area (Å²) >= 11 is 0. The van der Waals surface area contributed by atoms with E-state index in [4.69, 9.17) is 4.74 Å². The Morgan fingerprint density at radius 3 is 2.73 bits per heavy atom. The average Bonchev–Trinajstić information content (AvgIpc) is 2.03. The molecule has 2 nitrogen and oxygen atoms in total. The minimum absolute atomic E-state index is 0.0171. The molecule has 1 aliphatic rings. The van der Waals surface area contributed by atoms with Gasteiger partial charge in [-0.05, 0) is 18.8 Å². The van der Waals surface area contributed by atoms with Gasteiger partial charge in [0.25, 0.3) is 0 Å². The molecule has 0 aromatic heterocycles. The van der Waals surface area contributed by atoms with Crippen LogP contribution in [0.2, 0.25) is 0 Å². The van der Waals surface area contributed by atoms with E-state index in [1.54, 1.807) is 0 Å². The third kappa shape index (κ3) is 2.21. The number of hydrogen-bond acceptors (Lipinski definition) is 2. The summed E-state index contributed by atoms with van der Waals surface area (Å²) in [7, 11) is 1.47. The second-order valence-electron chi connectivity index (χ2n) is 3.49. The first-order valence-corrected chi connectivity index (χ1v) is 4.32. The van der Waals surface area contributed by atoms with Gasteiger partial charge in [-0.3, -0.25) is 4.79 Å². The fourth-order valence-corrected chi connectivity index (χ4v) is 1.81. The van der Waals surface area contributed by atoms with Crippen LogP contribution in [-0.4, -0.2) is 13.1 Å². The molecule has 0 saturated heterocycles. The Morgan fingerprint density at radius 2 is 2.18 bits per heavy atom. The van der Waals surface area contributed by atoms with E-state index < -0.39 is 0 Å². The van der Waals surface area contributed by atoms with E-state index in [9.17, 15) is 4.79 Å². The van der Waals surface area contributed by atoms with Crippen LogP contribution in [0.4, 0.5) is 0 Å². The summed E-state index contributed by atoms with van der Waals surface area (Å²) in [6, 6.07) is 0. The zero-order valence-electron chi connectivity index (χ0n) is 7.30. The molecule has 0 heterocycles. The highest BCUT2D eigenvalue weighted by molar-refractivity contribution is 5.72. The van der Waals surface area contributed by atoms with Crippen molar-refractivity contribution in [1.29, 1.82) is 0 Å². The van der Waals surface area contributed by atoms with Gasteiger partial charge >= 0.3 is 5.97 Å². The van der Waals surface area contributed by atoms with E-state index in [1.807, 2.05) is 0 Å². The number of rotatable bonds is 1. The molecule has 0 amide bonds. The molecule has 0 aliphatic heterocycles. The summed E-state index contributed by atoms with van der Waals surface area (Å²) in [6.45, 7) is 2.20. The minimum atomic E-state index is -0.0171. The first-order chi connectivity index (χ1) is 5.24. The lowest BCUT2D eigenvalue weighted by atomic mass is 9.82. The first-order valence-electron chi connectivity index (χ1n) is 4.32. The van der Waals surface area contributed by atoms with E-state index in [1.165, 1.54) is 20.0 Å². The van der Waals surface area contributed by atoms with Crippen molar-refractivity contribution in [3.63, 3.8) is 0 Å². The minimum Gasteiger partial charge on any atom is -0.469 e. The van der Waals surface area contributed by atoms with Gasteiger partial charge in [-0.1, -0.05) is 19.8 Å². The van der Waals surface area contributed by atoms with Crippen LogP contribution in [0.3, 0.4) is 0 Å². The van der Waals surface area contributed by atoms with Crippen molar-refractivity contribution in [1.82, 2.24) is 0 Å². The van der Waals surface area contributed by atoms with Crippen LogP contribution in [0.5, 0.6) is 0 Å². The van der Waals surface area contributed by atoms with Crippen LogP contribution in [0.1, 0.15) is 32.6 Å². The molecular weight excluding hydrogens is 140 g/mol. The van der Waals surface area contributed by atoms with Gasteiger partial charge in [0.1, 0.15) is 0 Å². The van der Waals surface area contributed by atoms with Crippen molar-refractivity contribution in [2.45, 2.75) is 32.6 Å². The van der Waals surface area contributed by atoms with Crippen molar-refractivity contribution in [2.75, 3.05) is 7.11 Å². The fraction of sp³-hybridized carbons (Fsp3) is 0.889. The molecule has 2 atom stereocenters. The van der Waals surface area contributed by atoms with Gasteiger partial charge in [-0.25, -0.2) is 0 Å². The first kappa shape index (κ1) is 8.57. The van der Waals surface area contributed by atoms with Gasteiger partial charge in [-0.2, -0.15) is 0 Å². The predicted molar refractivity (Wildman–Crippen MR) is 43.1 cm³/mol. The van der Waals surface area contributed by atoms with E-state index in [0.29, 0.717) is 5.92 Å². The molecule has 2 heteroatoms. The van der Waals surface area contributed by atoms with Crippen molar-refractivity contribution in [2.24, 2.45) is 11.8 Å². The zero-order valence-corrected chi connectivity index (χ0v) is 7.30. The summed E-state index contributed by atoms with van der Waals surface area (Å²) in [6.07, 6.45) is 4.50. The van der Waals surface area contributed by atoms with Crippen LogP contribution in [0.25, 0.3) is 0 Å². The molecule has 2 unspecified atom stereocenters. The van der Waals surface area contributed by atoms with Gasteiger partial charge < -0.3 is 4.74 Å². The number of hydrogen-bond donors (Lipinski definition) is 0. The number of methoxy groups -OCH3 is 1. The Labute approximate surface area is 67.9 Å². The Balaban J connectivity index is 2.39. The van der Waals surface area contributed by atoms with Gasteiger partial charge in [0.15, 0.2) is 0 Å². The quantitative estimate of drug-likeness (QED) is 0.543. The normalized spacial score (nSPS) is 31.5. The van der Waals surface area contributed by atoms with E-state index in [2.05, 4.69) is 6.92 Å². The summed E-state index contributed by atoms with van der Waals surface area (Å²) < 4.78 is 4.70. The largest absolute Gasteiger partial charge is 0.469 e. The van der Waals surface area contributed by atoms with Crippen LogP contribution in [0, 0.1) is 11.8 Å². The van der Waals surface area contributed by atoms with Crippen molar-refractivity contribution in [3.8, 4) is 0 Å². The van der Waals surface area contributed by atoms with Gasteiger partial charge in [0.2, 0.25) is 0 Å². The molecule has 0 bridgehead atoms. The summed E-state index contributed by atoms with van der Waals surface area (Å²) in [5.74, 6) is 0.869. The number of carbonyl (C=O) groups excluding carboxylic acids is 1. The molecule has 11 heavy (non-hydrogen) atoms. The summed E-state index contributed by atoms with van der Waals surface area (Å²) in [4.78, 5) is 11.1. The Kier molecular flexibility index (Phi) is 2.92. The maximum atomic E-state index is 11.1. The molecule has 1 saturated carbocycles. The van der Waals surface area contributed by atoms with E-state index in [0.717, 1.165) is 12.8 Å². The highest BCUT2D eigenvalue weighted by Gasteiger charge is 2.25.